The second-order valence-electron chi connectivity index (χ2n) is 4.74. The van der Waals surface area contributed by atoms with Gasteiger partial charge in [0.05, 0.1) is 10.3 Å². The van der Waals surface area contributed by atoms with Crippen molar-refractivity contribution < 1.29 is 14.8 Å². The molecule has 0 spiro atoms. The predicted molar refractivity (Wildman–Crippen MR) is 63.0 cm³/mol. The number of rotatable bonds is 4. The van der Waals surface area contributed by atoms with Gasteiger partial charge in [0, 0.05) is 11.6 Å². The van der Waals surface area contributed by atoms with Crippen molar-refractivity contribution in [3.63, 3.8) is 0 Å². The van der Waals surface area contributed by atoms with Gasteiger partial charge in [-0.2, -0.15) is 0 Å². The van der Waals surface area contributed by atoms with Gasteiger partial charge in [0.25, 0.3) is 5.69 Å². The Bertz CT molecular complexity index is 466. The summed E-state index contributed by atoms with van der Waals surface area (Å²) in [6.07, 6.45) is 0.348. The van der Waals surface area contributed by atoms with Crippen LogP contribution in [0.5, 0.6) is 0 Å². The van der Waals surface area contributed by atoms with Gasteiger partial charge in [-0.15, -0.1) is 0 Å². The lowest BCUT2D eigenvalue weighted by molar-refractivity contribution is -0.385. The highest BCUT2D eigenvalue weighted by atomic mass is 16.6. The maximum Gasteiger partial charge on any atom is 0.309 e. The molecular formula is C12H15NO4. The molecule has 0 saturated heterocycles. The standard InChI is InChI=1S/C12H15NO4/c1-8-6-9(4-5-10(8)13(16)17)7-12(2,3)11(14)15/h4-6H,7H2,1-3H3,(H,14,15). The third-order valence-corrected chi connectivity index (χ3v) is 2.68. The fourth-order valence-corrected chi connectivity index (χ4v) is 1.62. The fraction of sp³-hybridized carbons (Fsp3) is 0.417. The summed E-state index contributed by atoms with van der Waals surface area (Å²) >= 11 is 0. The molecule has 0 bridgehead atoms. The number of nitro groups is 1. The highest BCUT2D eigenvalue weighted by molar-refractivity contribution is 5.74. The molecule has 1 N–H and O–H groups in total. The van der Waals surface area contributed by atoms with E-state index in [0.717, 1.165) is 5.56 Å². The highest BCUT2D eigenvalue weighted by Crippen LogP contribution is 2.25. The first kappa shape index (κ1) is 13.2. The van der Waals surface area contributed by atoms with E-state index in [1.165, 1.54) is 6.07 Å². The first-order chi connectivity index (χ1) is 7.74. The van der Waals surface area contributed by atoms with E-state index in [9.17, 15) is 14.9 Å². The van der Waals surface area contributed by atoms with Gasteiger partial charge in [0.1, 0.15) is 0 Å². The minimum absolute atomic E-state index is 0.0573. The van der Waals surface area contributed by atoms with Gasteiger partial charge in [-0.05, 0) is 38.8 Å². The molecule has 0 fully saturated rings. The molecule has 0 atom stereocenters. The van der Waals surface area contributed by atoms with Gasteiger partial charge in [-0.25, -0.2) is 0 Å². The Morgan fingerprint density at radius 2 is 2.06 bits per heavy atom. The summed E-state index contributed by atoms with van der Waals surface area (Å²) in [6, 6.07) is 4.70. The molecule has 0 aliphatic rings. The number of benzene rings is 1. The molecule has 0 aliphatic heterocycles. The van der Waals surface area contributed by atoms with Crippen molar-refractivity contribution in [3.05, 3.63) is 39.4 Å². The summed E-state index contributed by atoms with van der Waals surface area (Å²) in [5.74, 6) is -0.881. The van der Waals surface area contributed by atoms with Gasteiger partial charge < -0.3 is 5.11 Å². The van der Waals surface area contributed by atoms with Crippen LogP contribution in [0.4, 0.5) is 5.69 Å². The van der Waals surface area contributed by atoms with Gasteiger partial charge in [-0.3, -0.25) is 14.9 Å². The van der Waals surface area contributed by atoms with Crippen molar-refractivity contribution >= 4 is 11.7 Å². The number of nitrogens with zero attached hydrogens (tertiary/aromatic N) is 1. The summed E-state index contributed by atoms with van der Waals surface area (Å²) in [5.41, 5.74) is 0.527. The quantitative estimate of drug-likeness (QED) is 0.644. The van der Waals surface area contributed by atoms with Crippen LogP contribution in [0.1, 0.15) is 25.0 Å². The van der Waals surface area contributed by atoms with Crippen LogP contribution in [0.2, 0.25) is 0 Å². The Kier molecular flexibility index (Phi) is 3.50. The highest BCUT2D eigenvalue weighted by Gasteiger charge is 2.27. The summed E-state index contributed by atoms with van der Waals surface area (Å²) in [6.45, 7) is 4.91. The van der Waals surface area contributed by atoms with Gasteiger partial charge in [0.15, 0.2) is 0 Å². The van der Waals surface area contributed by atoms with Crippen molar-refractivity contribution in [2.24, 2.45) is 5.41 Å². The Hall–Kier alpha value is -1.91. The van der Waals surface area contributed by atoms with E-state index in [0.29, 0.717) is 12.0 Å². The van der Waals surface area contributed by atoms with Crippen LogP contribution in [0.25, 0.3) is 0 Å². The maximum absolute atomic E-state index is 11.0. The average molecular weight is 237 g/mol. The zero-order valence-electron chi connectivity index (χ0n) is 10.1. The Morgan fingerprint density at radius 3 is 2.47 bits per heavy atom. The molecule has 0 heterocycles. The number of nitro benzene ring substituents is 1. The van der Waals surface area contributed by atoms with Crippen molar-refractivity contribution in [3.8, 4) is 0 Å². The number of aryl methyl sites for hydroxylation is 1. The summed E-state index contributed by atoms with van der Waals surface area (Å²) in [5, 5.41) is 19.6. The molecule has 92 valence electrons. The minimum Gasteiger partial charge on any atom is -0.481 e. The van der Waals surface area contributed by atoms with Crippen LogP contribution in [0, 0.1) is 22.5 Å². The van der Waals surface area contributed by atoms with Crippen molar-refractivity contribution in [2.75, 3.05) is 0 Å². The number of aliphatic carboxylic acids is 1. The molecule has 0 unspecified atom stereocenters. The minimum atomic E-state index is -0.881. The molecule has 1 rings (SSSR count). The van der Waals surface area contributed by atoms with Gasteiger partial charge >= 0.3 is 5.97 Å². The van der Waals surface area contributed by atoms with E-state index in [1.807, 2.05) is 0 Å². The van der Waals surface area contributed by atoms with E-state index in [2.05, 4.69) is 0 Å². The number of carbonyl (C=O) groups is 1. The summed E-state index contributed by atoms with van der Waals surface area (Å²) < 4.78 is 0. The van der Waals surface area contributed by atoms with E-state index >= 15 is 0 Å². The van der Waals surface area contributed by atoms with E-state index in [1.54, 1.807) is 32.9 Å². The van der Waals surface area contributed by atoms with Gasteiger partial charge in [-0.1, -0.05) is 6.07 Å². The van der Waals surface area contributed by atoms with Crippen molar-refractivity contribution in [1.82, 2.24) is 0 Å². The smallest absolute Gasteiger partial charge is 0.309 e. The predicted octanol–water partition coefficient (Wildman–Crippen LogP) is 2.56. The van der Waals surface area contributed by atoms with Crippen LogP contribution in [0.15, 0.2) is 18.2 Å². The van der Waals surface area contributed by atoms with Crippen LogP contribution in [-0.2, 0) is 11.2 Å². The average Bonchev–Trinajstić information content (AvgIpc) is 2.15. The SMILES string of the molecule is Cc1cc(CC(C)(C)C(=O)O)ccc1[N+](=O)[O-]. The molecule has 1 aromatic carbocycles. The molecule has 5 nitrogen and oxygen atoms in total. The molecule has 0 amide bonds. The lowest BCUT2D eigenvalue weighted by Gasteiger charge is -2.19. The Morgan fingerprint density at radius 1 is 1.47 bits per heavy atom. The molecule has 0 saturated carbocycles. The fourth-order valence-electron chi connectivity index (χ4n) is 1.62. The van der Waals surface area contributed by atoms with Crippen molar-refractivity contribution in [1.29, 1.82) is 0 Å². The van der Waals surface area contributed by atoms with Crippen LogP contribution < -0.4 is 0 Å². The largest absolute Gasteiger partial charge is 0.481 e. The number of carboxylic acid groups (broad SMARTS) is 1. The lowest BCUT2D eigenvalue weighted by Crippen LogP contribution is -2.26. The number of hydrogen-bond donors (Lipinski definition) is 1. The lowest BCUT2D eigenvalue weighted by atomic mass is 9.85. The topological polar surface area (TPSA) is 80.4 Å². The third kappa shape index (κ3) is 3.03. The van der Waals surface area contributed by atoms with E-state index in [-0.39, 0.29) is 5.69 Å². The van der Waals surface area contributed by atoms with Crippen molar-refractivity contribution in [2.45, 2.75) is 27.2 Å². The van der Waals surface area contributed by atoms with Crippen LogP contribution >= 0.6 is 0 Å². The molecule has 17 heavy (non-hydrogen) atoms. The van der Waals surface area contributed by atoms with E-state index in [4.69, 9.17) is 5.11 Å². The number of carboxylic acids is 1. The molecule has 5 heteroatoms. The van der Waals surface area contributed by atoms with Gasteiger partial charge in [0.2, 0.25) is 0 Å². The molecule has 0 aromatic heterocycles. The van der Waals surface area contributed by atoms with Crippen LogP contribution in [0.3, 0.4) is 0 Å². The zero-order chi connectivity index (χ0) is 13.2. The second kappa shape index (κ2) is 4.53. The number of hydrogen-bond acceptors (Lipinski definition) is 3. The third-order valence-electron chi connectivity index (χ3n) is 2.68. The first-order valence-corrected chi connectivity index (χ1v) is 5.21. The molecular weight excluding hydrogens is 222 g/mol. The Balaban J connectivity index is 2.99. The Labute approximate surface area is 99.2 Å². The summed E-state index contributed by atoms with van der Waals surface area (Å²) in [4.78, 5) is 21.2. The molecule has 0 aliphatic carbocycles. The monoisotopic (exact) mass is 237 g/mol. The zero-order valence-corrected chi connectivity index (χ0v) is 10.1. The first-order valence-electron chi connectivity index (χ1n) is 5.21. The summed E-state index contributed by atoms with van der Waals surface area (Å²) in [7, 11) is 0. The van der Waals surface area contributed by atoms with E-state index < -0.39 is 16.3 Å². The maximum atomic E-state index is 11.0. The molecule has 0 radical (unpaired) electrons. The normalized spacial score (nSPS) is 11.2. The molecule has 1 aromatic rings. The second-order valence-corrected chi connectivity index (χ2v) is 4.74. The van der Waals surface area contributed by atoms with Crippen LogP contribution in [-0.4, -0.2) is 16.0 Å².